The highest BCUT2D eigenvalue weighted by Gasteiger charge is 2.42. The zero-order chi connectivity index (χ0) is 6.91. The Labute approximate surface area is 54.9 Å². The Balaban J connectivity index is 2.42. The van der Waals surface area contributed by atoms with E-state index in [2.05, 4.69) is 18.5 Å². The summed E-state index contributed by atoms with van der Waals surface area (Å²) in [5.74, 6) is 0. The Morgan fingerprint density at radius 2 is 2.22 bits per heavy atom. The van der Waals surface area contributed by atoms with Gasteiger partial charge in [0, 0.05) is 5.70 Å². The molecule has 1 rings (SSSR count). The summed E-state index contributed by atoms with van der Waals surface area (Å²) < 4.78 is 0. The molecule has 0 bridgehead atoms. The first kappa shape index (κ1) is 6.36. The second-order valence-corrected chi connectivity index (χ2v) is 2.36. The predicted octanol–water partition coefficient (Wildman–Crippen LogP) is 0.758. The number of rotatable bonds is 3. The lowest BCUT2D eigenvalue weighted by molar-refractivity contribution is 0.183. The van der Waals surface area contributed by atoms with Gasteiger partial charge in [0.25, 0.3) is 0 Å². The van der Waals surface area contributed by atoms with Crippen molar-refractivity contribution >= 4 is 0 Å². The summed E-state index contributed by atoms with van der Waals surface area (Å²) in [5, 5.41) is 12.1. The first-order chi connectivity index (χ1) is 4.19. The molecule has 0 heterocycles. The van der Waals surface area contributed by atoms with Crippen LogP contribution in [0.25, 0.3) is 0 Å². The van der Waals surface area contributed by atoms with Gasteiger partial charge in [-0.2, -0.15) is 0 Å². The maximum Gasteiger partial charge on any atom is 0.104 e. The zero-order valence-corrected chi connectivity index (χ0v) is 5.35. The van der Waals surface area contributed by atoms with Gasteiger partial charge in [0.2, 0.25) is 0 Å². The van der Waals surface area contributed by atoms with Gasteiger partial charge >= 0.3 is 0 Å². The molecule has 1 aliphatic carbocycles. The first-order valence-electron chi connectivity index (χ1n) is 2.98. The molecule has 1 saturated carbocycles. The number of hydrogen-bond donors (Lipinski definition) is 2. The van der Waals surface area contributed by atoms with E-state index >= 15 is 0 Å². The Morgan fingerprint density at radius 3 is 2.56 bits per heavy atom. The van der Waals surface area contributed by atoms with Crippen molar-refractivity contribution in [2.45, 2.75) is 18.4 Å². The van der Waals surface area contributed by atoms with E-state index in [0.29, 0.717) is 5.70 Å². The molecule has 0 unspecified atom stereocenters. The minimum Gasteiger partial charge on any atom is -0.384 e. The Bertz CT molecular complexity index is 147. The Morgan fingerprint density at radius 1 is 1.67 bits per heavy atom. The van der Waals surface area contributed by atoms with Crippen LogP contribution < -0.4 is 5.32 Å². The van der Waals surface area contributed by atoms with Crippen molar-refractivity contribution in [1.29, 1.82) is 0 Å². The molecule has 0 amide bonds. The van der Waals surface area contributed by atoms with Crippen molar-refractivity contribution in [3.63, 3.8) is 0 Å². The van der Waals surface area contributed by atoms with Crippen molar-refractivity contribution in [1.82, 2.24) is 5.32 Å². The van der Waals surface area contributed by atoms with E-state index in [1.54, 1.807) is 0 Å². The number of nitrogens with one attached hydrogen (secondary N) is 1. The number of aliphatic hydroxyl groups is 1. The second-order valence-electron chi connectivity index (χ2n) is 2.36. The maximum absolute atomic E-state index is 9.32. The van der Waals surface area contributed by atoms with Gasteiger partial charge < -0.3 is 10.4 Å². The highest BCUT2D eigenvalue weighted by atomic mass is 16.3. The molecular weight excluding hydrogens is 114 g/mol. The van der Waals surface area contributed by atoms with Crippen molar-refractivity contribution in [2.75, 3.05) is 0 Å². The van der Waals surface area contributed by atoms with Gasteiger partial charge in [0.1, 0.15) is 5.60 Å². The lowest BCUT2D eigenvalue weighted by Crippen LogP contribution is -2.19. The van der Waals surface area contributed by atoms with Crippen LogP contribution in [0.2, 0.25) is 0 Å². The molecule has 0 aromatic carbocycles. The molecule has 0 spiro atoms. The standard InChI is InChI=1S/C7H11NO/c1-3-8-6(2)7(9)4-5-7/h3,8-9H,1-2,4-5H2. The monoisotopic (exact) mass is 125 g/mol. The van der Waals surface area contributed by atoms with Gasteiger partial charge in [-0.1, -0.05) is 13.2 Å². The SMILES string of the molecule is C=CNC(=C)C1(O)CC1. The average Bonchev–Trinajstić information content (AvgIpc) is 2.50. The third kappa shape index (κ3) is 1.13. The summed E-state index contributed by atoms with van der Waals surface area (Å²) in [7, 11) is 0. The fourth-order valence-electron chi connectivity index (χ4n) is 0.678. The molecule has 9 heavy (non-hydrogen) atoms. The normalized spacial score (nSPS) is 20.6. The Kier molecular flexibility index (Phi) is 1.33. The molecule has 0 radical (unpaired) electrons. The van der Waals surface area contributed by atoms with E-state index in [0.717, 1.165) is 12.8 Å². The van der Waals surface area contributed by atoms with Crippen LogP contribution in [0.1, 0.15) is 12.8 Å². The third-order valence-corrected chi connectivity index (χ3v) is 1.56. The molecule has 2 heteroatoms. The van der Waals surface area contributed by atoms with Crippen LogP contribution >= 0.6 is 0 Å². The average molecular weight is 125 g/mol. The molecular formula is C7H11NO. The lowest BCUT2D eigenvalue weighted by Gasteiger charge is -2.09. The van der Waals surface area contributed by atoms with Gasteiger partial charge in [-0.05, 0) is 19.0 Å². The largest absolute Gasteiger partial charge is 0.384 e. The van der Waals surface area contributed by atoms with Crippen LogP contribution in [0.3, 0.4) is 0 Å². The summed E-state index contributed by atoms with van der Waals surface area (Å²) in [6.07, 6.45) is 3.18. The van der Waals surface area contributed by atoms with E-state index < -0.39 is 5.60 Å². The molecule has 1 fully saturated rings. The van der Waals surface area contributed by atoms with Crippen LogP contribution in [0.5, 0.6) is 0 Å². The minimum atomic E-state index is -0.617. The highest BCUT2D eigenvalue weighted by molar-refractivity contribution is 5.20. The Hall–Kier alpha value is -0.760. The topological polar surface area (TPSA) is 32.3 Å². The molecule has 1 aliphatic rings. The molecule has 0 aliphatic heterocycles. The minimum absolute atomic E-state index is 0.617. The van der Waals surface area contributed by atoms with Crippen molar-refractivity contribution in [2.24, 2.45) is 0 Å². The van der Waals surface area contributed by atoms with Crippen molar-refractivity contribution in [3.05, 3.63) is 25.1 Å². The smallest absolute Gasteiger partial charge is 0.104 e. The van der Waals surface area contributed by atoms with Gasteiger partial charge in [-0.25, -0.2) is 0 Å². The quantitative estimate of drug-likeness (QED) is 0.583. The molecule has 0 aromatic heterocycles. The molecule has 2 N–H and O–H groups in total. The van der Waals surface area contributed by atoms with Crippen LogP contribution in [-0.4, -0.2) is 10.7 Å². The highest BCUT2D eigenvalue weighted by Crippen LogP contribution is 2.39. The van der Waals surface area contributed by atoms with E-state index in [1.165, 1.54) is 6.20 Å². The van der Waals surface area contributed by atoms with E-state index in [-0.39, 0.29) is 0 Å². The summed E-state index contributed by atoms with van der Waals surface area (Å²) in [6, 6.07) is 0. The summed E-state index contributed by atoms with van der Waals surface area (Å²) >= 11 is 0. The fourth-order valence-corrected chi connectivity index (χ4v) is 0.678. The first-order valence-corrected chi connectivity index (χ1v) is 2.98. The third-order valence-electron chi connectivity index (χ3n) is 1.56. The molecule has 2 nitrogen and oxygen atoms in total. The molecule has 50 valence electrons. The van der Waals surface area contributed by atoms with E-state index in [4.69, 9.17) is 0 Å². The van der Waals surface area contributed by atoms with Gasteiger partial charge in [-0.3, -0.25) is 0 Å². The van der Waals surface area contributed by atoms with E-state index in [1.807, 2.05) is 0 Å². The molecule has 0 atom stereocenters. The van der Waals surface area contributed by atoms with Crippen LogP contribution in [0, 0.1) is 0 Å². The van der Waals surface area contributed by atoms with Crippen LogP contribution in [0.4, 0.5) is 0 Å². The van der Waals surface area contributed by atoms with Crippen molar-refractivity contribution in [3.8, 4) is 0 Å². The van der Waals surface area contributed by atoms with Crippen LogP contribution in [-0.2, 0) is 0 Å². The predicted molar refractivity (Wildman–Crippen MR) is 36.7 cm³/mol. The van der Waals surface area contributed by atoms with Gasteiger partial charge in [-0.15, -0.1) is 0 Å². The van der Waals surface area contributed by atoms with Gasteiger partial charge in [0.05, 0.1) is 0 Å². The fraction of sp³-hybridized carbons (Fsp3) is 0.429. The summed E-state index contributed by atoms with van der Waals surface area (Å²) in [4.78, 5) is 0. The lowest BCUT2D eigenvalue weighted by atomic mass is 10.2. The summed E-state index contributed by atoms with van der Waals surface area (Å²) in [6.45, 7) is 7.10. The van der Waals surface area contributed by atoms with Crippen LogP contribution in [0.15, 0.2) is 25.1 Å². The van der Waals surface area contributed by atoms with E-state index in [9.17, 15) is 5.11 Å². The summed E-state index contributed by atoms with van der Waals surface area (Å²) in [5.41, 5.74) is 0.0475. The maximum atomic E-state index is 9.32. The zero-order valence-electron chi connectivity index (χ0n) is 5.35. The second kappa shape index (κ2) is 1.88. The van der Waals surface area contributed by atoms with Gasteiger partial charge in [0.15, 0.2) is 0 Å². The molecule has 0 saturated heterocycles. The molecule has 0 aromatic rings. The van der Waals surface area contributed by atoms with Crippen molar-refractivity contribution < 1.29 is 5.11 Å². The number of hydrogen-bond acceptors (Lipinski definition) is 2.